The van der Waals surface area contributed by atoms with Crippen LogP contribution in [-0.4, -0.2) is 98.4 Å². The molecule has 4 atom stereocenters. The van der Waals surface area contributed by atoms with Gasteiger partial charge in [0.2, 0.25) is 0 Å². The van der Waals surface area contributed by atoms with E-state index in [1.807, 2.05) is 92.8 Å². The topological polar surface area (TPSA) is 126 Å². The molecule has 3 aromatic carbocycles. The van der Waals surface area contributed by atoms with Crippen LogP contribution in [0, 0.1) is 6.92 Å². The summed E-state index contributed by atoms with van der Waals surface area (Å²) in [6, 6.07) is 25.3. The average Bonchev–Trinajstić information content (AvgIpc) is 3.71. The van der Waals surface area contributed by atoms with Crippen molar-refractivity contribution in [3.05, 3.63) is 118 Å². The van der Waals surface area contributed by atoms with Gasteiger partial charge < -0.3 is 38.4 Å². The Hall–Kier alpha value is -4.59. The van der Waals surface area contributed by atoms with Gasteiger partial charge in [0, 0.05) is 38.9 Å². The number of methoxy groups -OCH3 is 3. The van der Waals surface area contributed by atoms with Gasteiger partial charge in [-0.1, -0.05) is 54.6 Å². The number of aliphatic imine (C=N–C) groups is 1. The van der Waals surface area contributed by atoms with Crippen LogP contribution in [-0.2, 0) is 24.5 Å². The van der Waals surface area contributed by atoms with Crippen LogP contribution >= 0.6 is 0 Å². The number of hydrogen-bond donors (Lipinski definition) is 1. The molecule has 0 unspecified atom stereocenters. The van der Waals surface area contributed by atoms with E-state index in [0.29, 0.717) is 29.5 Å². The number of aliphatic hydroxyl groups is 1. The molecule has 2 saturated heterocycles. The summed E-state index contributed by atoms with van der Waals surface area (Å²) in [5, 5.41) is 11.8. The van der Waals surface area contributed by atoms with Crippen LogP contribution in [0.2, 0.25) is 0 Å². The van der Waals surface area contributed by atoms with Crippen LogP contribution < -0.4 is 15.2 Å². The Morgan fingerprint density at radius 1 is 0.922 bits per heavy atom. The van der Waals surface area contributed by atoms with Crippen molar-refractivity contribution < 1.29 is 33.5 Å². The highest BCUT2D eigenvalue weighted by Gasteiger charge is 2.48. The van der Waals surface area contributed by atoms with E-state index in [1.54, 1.807) is 27.5 Å². The van der Waals surface area contributed by atoms with Gasteiger partial charge in [0.1, 0.15) is 41.2 Å². The minimum atomic E-state index is -1.16. The zero-order valence-electron chi connectivity index (χ0n) is 29.7. The number of benzene rings is 3. The van der Waals surface area contributed by atoms with Crippen molar-refractivity contribution in [2.45, 2.75) is 49.9 Å². The molecular formula is C39H46N4O8. The molecule has 1 aromatic heterocycles. The molecule has 0 spiro atoms. The number of hydrogen-bond acceptors (Lipinski definition) is 10. The van der Waals surface area contributed by atoms with Gasteiger partial charge >= 0.3 is 5.69 Å². The highest BCUT2D eigenvalue weighted by Crippen LogP contribution is 2.43. The fourth-order valence-electron chi connectivity index (χ4n) is 6.72. The van der Waals surface area contributed by atoms with Crippen LogP contribution in [0.5, 0.6) is 11.5 Å². The third-order valence-electron chi connectivity index (χ3n) is 9.50. The highest BCUT2D eigenvalue weighted by molar-refractivity contribution is 5.86. The lowest BCUT2D eigenvalue weighted by Crippen LogP contribution is -2.41. The first-order chi connectivity index (χ1) is 24.8. The maximum absolute atomic E-state index is 13.6. The minimum absolute atomic E-state index is 0.0615. The van der Waals surface area contributed by atoms with E-state index in [0.717, 1.165) is 41.9 Å². The quantitative estimate of drug-likeness (QED) is 0.147. The molecule has 51 heavy (non-hydrogen) atoms. The first kappa shape index (κ1) is 36.2. The Balaban J connectivity index is 1.37. The summed E-state index contributed by atoms with van der Waals surface area (Å²) in [5.74, 6) is 2.66. The SMILES string of the molecule is COCCO[C@@H]1[C@H](O)[C@@H](COC(c2ccccc2)(c2ccc(OC)cc2)c2ccc(OC)cc2)O[C@H]1n1cc(C)c(/N=C2\CCCN2C)nc1=O. The lowest BCUT2D eigenvalue weighted by molar-refractivity contribution is -0.0994. The van der Waals surface area contributed by atoms with Gasteiger partial charge in [0.15, 0.2) is 12.0 Å². The Kier molecular flexibility index (Phi) is 11.5. The standard InChI is InChI=1S/C39H46N4O8/c1-26-24-43(38(45)41-36(26)40-33-12-9-21-42(33)2)37-35(49-23-22-46-3)34(44)32(51-37)25-50-39(27-10-7-6-8-11-27,28-13-17-30(47-4)18-14-28)29-15-19-31(48-5)20-16-29/h6-8,10-11,13-20,24,32,34-35,37,44H,9,12,21-23,25H2,1-5H3/b40-33+/t32-,34-,35-,37-/m1/s1. The van der Waals surface area contributed by atoms with Gasteiger partial charge in [-0.15, -0.1) is 0 Å². The van der Waals surface area contributed by atoms with E-state index in [-0.39, 0.29) is 13.2 Å². The largest absolute Gasteiger partial charge is 0.497 e. The van der Waals surface area contributed by atoms with Crippen molar-refractivity contribution in [3.8, 4) is 11.5 Å². The molecule has 12 nitrogen and oxygen atoms in total. The molecule has 4 aromatic rings. The predicted molar refractivity (Wildman–Crippen MR) is 192 cm³/mol. The molecule has 0 bridgehead atoms. The van der Waals surface area contributed by atoms with Crippen molar-refractivity contribution in [2.75, 3.05) is 54.7 Å². The van der Waals surface area contributed by atoms with E-state index < -0.39 is 35.8 Å². The Morgan fingerprint density at radius 2 is 1.55 bits per heavy atom. The maximum atomic E-state index is 13.6. The fourth-order valence-corrected chi connectivity index (χ4v) is 6.72. The Morgan fingerprint density at radius 3 is 2.12 bits per heavy atom. The molecule has 0 amide bonds. The van der Waals surface area contributed by atoms with Crippen molar-refractivity contribution in [1.82, 2.24) is 14.5 Å². The number of likely N-dealkylation sites (tertiary alicyclic amines) is 1. The van der Waals surface area contributed by atoms with E-state index >= 15 is 0 Å². The van der Waals surface area contributed by atoms with Crippen molar-refractivity contribution in [2.24, 2.45) is 4.99 Å². The molecule has 2 aliphatic rings. The van der Waals surface area contributed by atoms with Crippen LogP contribution in [0.4, 0.5) is 5.82 Å². The van der Waals surface area contributed by atoms with Crippen LogP contribution in [0.25, 0.3) is 0 Å². The second-order valence-corrected chi connectivity index (χ2v) is 12.7. The normalized spacial score (nSPS) is 21.4. The summed E-state index contributed by atoms with van der Waals surface area (Å²) in [5.41, 5.74) is 1.51. The zero-order valence-corrected chi connectivity index (χ0v) is 29.7. The first-order valence-electron chi connectivity index (χ1n) is 17.1. The van der Waals surface area contributed by atoms with Crippen LogP contribution in [0.15, 0.2) is 94.8 Å². The second-order valence-electron chi connectivity index (χ2n) is 12.7. The van der Waals surface area contributed by atoms with Gasteiger partial charge in [-0.3, -0.25) is 4.57 Å². The van der Waals surface area contributed by atoms with Gasteiger partial charge in [-0.05, 0) is 54.3 Å². The summed E-state index contributed by atoms with van der Waals surface area (Å²) in [7, 11) is 6.80. The van der Waals surface area contributed by atoms with E-state index in [2.05, 4.69) is 14.9 Å². The van der Waals surface area contributed by atoms with Gasteiger partial charge in [-0.2, -0.15) is 4.98 Å². The molecule has 2 fully saturated rings. The summed E-state index contributed by atoms with van der Waals surface area (Å²) < 4.78 is 37.2. The van der Waals surface area contributed by atoms with Crippen molar-refractivity contribution in [3.63, 3.8) is 0 Å². The van der Waals surface area contributed by atoms with E-state index in [9.17, 15) is 9.90 Å². The molecule has 1 N–H and O–H groups in total. The molecular weight excluding hydrogens is 652 g/mol. The minimum Gasteiger partial charge on any atom is -0.497 e. The number of aliphatic hydroxyl groups excluding tert-OH is 1. The zero-order chi connectivity index (χ0) is 36.0. The summed E-state index contributed by atoms with van der Waals surface area (Å²) >= 11 is 0. The monoisotopic (exact) mass is 698 g/mol. The Labute approximate surface area is 298 Å². The Bertz CT molecular complexity index is 1780. The van der Waals surface area contributed by atoms with Gasteiger partial charge in [0.05, 0.1) is 34.0 Å². The predicted octanol–water partition coefficient (Wildman–Crippen LogP) is 4.62. The van der Waals surface area contributed by atoms with E-state index in [1.165, 1.54) is 4.57 Å². The maximum Gasteiger partial charge on any atom is 0.351 e. The molecule has 3 heterocycles. The summed E-state index contributed by atoms with van der Waals surface area (Å²) in [4.78, 5) is 24.7. The van der Waals surface area contributed by atoms with Gasteiger partial charge in [0.25, 0.3) is 0 Å². The summed E-state index contributed by atoms with van der Waals surface area (Å²) in [6.45, 7) is 3.17. The second kappa shape index (κ2) is 16.2. The molecule has 2 aliphatic heterocycles. The fraction of sp³-hybridized carbons (Fsp3) is 0.410. The molecule has 0 radical (unpaired) electrons. The summed E-state index contributed by atoms with van der Waals surface area (Å²) in [6.07, 6.45) is -0.460. The molecule has 12 heteroatoms. The number of nitrogens with zero attached hydrogens (tertiary/aromatic N) is 4. The lowest BCUT2D eigenvalue weighted by atomic mass is 9.80. The smallest absolute Gasteiger partial charge is 0.351 e. The number of rotatable bonds is 14. The lowest BCUT2D eigenvalue weighted by Gasteiger charge is -2.37. The van der Waals surface area contributed by atoms with Crippen LogP contribution in [0.1, 0.15) is 41.3 Å². The third-order valence-corrected chi connectivity index (χ3v) is 9.50. The van der Waals surface area contributed by atoms with Gasteiger partial charge in [-0.25, -0.2) is 9.79 Å². The first-order valence-corrected chi connectivity index (χ1v) is 17.1. The number of ether oxygens (including phenoxy) is 6. The average molecular weight is 699 g/mol. The van der Waals surface area contributed by atoms with Crippen LogP contribution in [0.3, 0.4) is 0 Å². The van der Waals surface area contributed by atoms with Crippen molar-refractivity contribution >= 4 is 11.7 Å². The number of aromatic nitrogens is 2. The molecule has 0 saturated carbocycles. The van der Waals surface area contributed by atoms with Crippen molar-refractivity contribution in [1.29, 1.82) is 0 Å². The molecule has 6 rings (SSSR count). The van der Waals surface area contributed by atoms with E-state index in [4.69, 9.17) is 28.4 Å². The number of aryl methyl sites for hydroxylation is 1. The molecule has 0 aliphatic carbocycles. The molecule has 270 valence electrons. The highest BCUT2D eigenvalue weighted by atomic mass is 16.6. The number of amidine groups is 1. The third kappa shape index (κ3) is 7.56.